The predicted molar refractivity (Wildman–Crippen MR) is 113 cm³/mol. The quantitative estimate of drug-likeness (QED) is 0.447. The molecule has 0 saturated heterocycles. The number of carbonyl (C=O) groups is 1. The van der Waals surface area contributed by atoms with Crippen LogP contribution in [0.2, 0.25) is 0 Å². The molecular weight excluding hydrogens is 406 g/mol. The minimum atomic E-state index is -0.410. The number of rotatable bonds is 6. The maximum Gasteiger partial charge on any atom is 0.234 e. The van der Waals surface area contributed by atoms with Crippen molar-refractivity contribution >= 4 is 23.4 Å². The number of aromatic nitrogens is 3. The van der Waals surface area contributed by atoms with Crippen LogP contribution < -0.4 is 5.32 Å². The van der Waals surface area contributed by atoms with Crippen LogP contribution in [-0.4, -0.2) is 26.4 Å². The molecule has 0 bridgehead atoms. The summed E-state index contributed by atoms with van der Waals surface area (Å²) in [5.41, 5.74) is 1.57. The summed E-state index contributed by atoms with van der Waals surface area (Å²) in [5, 5.41) is 11.5. The van der Waals surface area contributed by atoms with Gasteiger partial charge >= 0.3 is 0 Å². The third kappa shape index (κ3) is 4.38. The Kier molecular flexibility index (Phi) is 5.85. The zero-order chi connectivity index (χ0) is 20.9. The van der Waals surface area contributed by atoms with Crippen LogP contribution in [0.15, 0.2) is 84.0 Å². The summed E-state index contributed by atoms with van der Waals surface area (Å²) in [5.74, 6) is -0.659. The third-order valence-corrected chi connectivity index (χ3v) is 5.15. The first-order valence-electron chi connectivity index (χ1n) is 9.06. The summed E-state index contributed by atoms with van der Waals surface area (Å²) < 4.78 is 29.1. The second-order valence-electron chi connectivity index (χ2n) is 6.30. The van der Waals surface area contributed by atoms with E-state index in [1.807, 2.05) is 30.3 Å². The molecule has 0 fully saturated rings. The minimum Gasteiger partial charge on any atom is -0.325 e. The van der Waals surface area contributed by atoms with E-state index in [4.69, 9.17) is 0 Å². The Morgan fingerprint density at radius 2 is 1.60 bits per heavy atom. The molecule has 150 valence electrons. The van der Waals surface area contributed by atoms with Crippen LogP contribution in [0.3, 0.4) is 0 Å². The van der Waals surface area contributed by atoms with E-state index < -0.39 is 5.82 Å². The highest BCUT2D eigenvalue weighted by molar-refractivity contribution is 7.99. The van der Waals surface area contributed by atoms with Crippen molar-refractivity contribution < 1.29 is 13.6 Å². The molecule has 0 spiro atoms. The Morgan fingerprint density at radius 1 is 0.900 bits per heavy atom. The normalized spacial score (nSPS) is 10.7. The molecule has 1 N–H and O–H groups in total. The molecule has 8 heteroatoms. The summed E-state index contributed by atoms with van der Waals surface area (Å²) in [6, 6.07) is 21.2. The lowest BCUT2D eigenvalue weighted by molar-refractivity contribution is -0.113. The van der Waals surface area contributed by atoms with Gasteiger partial charge in [0.15, 0.2) is 11.0 Å². The Hall–Kier alpha value is -3.52. The van der Waals surface area contributed by atoms with Crippen LogP contribution in [0.1, 0.15) is 0 Å². The van der Waals surface area contributed by atoms with Gasteiger partial charge < -0.3 is 5.32 Å². The lowest BCUT2D eigenvalue weighted by Gasteiger charge is -2.11. The summed E-state index contributed by atoms with van der Waals surface area (Å²) >= 11 is 1.17. The van der Waals surface area contributed by atoms with Crippen LogP contribution in [0.25, 0.3) is 17.1 Å². The SMILES string of the molecule is O=C(CSc1nnc(-c2ccccc2F)n1-c1ccccc1)Nc1ccc(F)cc1. The average Bonchev–Trinajstić information content (AvgIpc) is 3.18. The van der Waals surface area contributed by atoms with Gasteiger partial charge in [-0.05, 0) is 48.5 Å². The first-order valence-corrected chi connectivity index (χ1v) is 10.0. The molecule has 1 amide bonds. The third-order valence-electron chi connectivity index (χ3n) is 4.22. The van der Waals surface area contributed by atoms with Gasteiger partial charge in [0.25, 0.3) is 0 Å². The van der Waals surface area contributed by atoms with Crippen molar-refractivity contribution in [3.8, 4) is 17.1 Å². The van der Waals surface area contributed by atoms with Crippen molar-refractivity contribution in [2.24, 2.45) is 0 Å². The fourth-order valence-electron chi connectivity index (χ4n) is 2.85. The zero-order valence-corrected chi connectivity index (χ0v) is 16.4. The first kappa shape index (κ1) is 19.8. The molecular formula is C22H16F2N4OS. The van der Waals surface area contributed by atoms with Crippen molar-refractivity contribution in [2.45, 2.75) is 5.16 Å². The molecule has 1 aromatic heterocycles. The number of anilines is 1. The van der Waals surface area contributed by atoms with E-state index >= 15 is 0 Å². The molecule has 0 aliphatic heterocycles. The zero-order valence-electron chi connectivity index (χ0n) is 15.6. The highest BCUT2D eigenvalue weighted by Crippen LogP contribution is 2.29. The van der Waals surface area contributed by atoms with Crippen molar-refractivity contribution in [1.29, 1.82) is 0 Å². The number of thioether (sulfide) groups is 1. The fourth-order valence-corrected chi connectivity index (χ4v) is 3.60. The lowest BCUT2D eigenvalue weighted by atomic mass is 10.2. The second kappa shape index (κ2) is 8.87. The van der Waals surface area contributed by atoms with Gasteiger partial charge in [-0.15, -0.1) is 10.2 Å². The molecule has 1 heterocycles. The summed E-state index contributed by atoms with van der Waals surface area (Å²) in [4.78, 5) is 12.3. The second-order valence-corrected chi connectivity index (χ2v) is 7.24. The molecule has 0 saturated carbocycles. The molecule has 0 radical (unpaired) electrons. The minimum absolute atomic E-state index is 0.0552. The fraction of sp³-hybridized carbons (Fsp3) is 0.0455. The van der Waals surface area contributed by atoms with Gasteiger partial charge in [-0.2, -0.15) is 0 Å². The Bertz CT molecular complexity index is 1160. The molecule has 0 aliphatic rings. The molecule has 0 unspecified atom stereocenters. The van der Waals surface area contributed by atoms with Crippen LogP contribution >= 0.6 is 11.8 Å². The van der Waals surface area contributed by atoms with Gasteiger partial charge in [0.05, 0.1) is 11.3 Å². The lowest BCUT2D eigenvalue weighted by Crippen LogP contribution is -2.14. The van der Waals surface area contributed by atoms with Gasteiger partial charge in [-0.25, -0.2) is 8.78 Å². The van der Waals surface area contributed by atoms with Crippen molar-refractivity contribution in [2.75, 3.05) is 11.1 Å². The monoisotopic (exact) mass is 422 g/mol. The van der Waals surface area contributed by atoms with E-state index in [0.29, 0.717) is 22.2 Å². The topological polar surface area (TPSA) is 59.8 Å². The van der Waals surface area contributed by atoms with Gasteiger partial charge in [0, 0.05) is 11.4 Å². The molecule has 4 aromatic rings. The predicted octanol–water partition coefficient (Wildman–Crippen LogP) is 4.94. The van der Waals surface area contributed by atoms with Crippen LogP contribution in [-0.2, 0) is 4.79 Å². The number of nitrogens with zero attached hydrogens (tertiary/aromatic N) is 3. The van der Waals surface area contributed by atoms with E-state index in [0.717, 1.165) is 5.69 Å². The van der Waals surface area contributed by atoms with Gasteiger partial charge in [0.2, 0.25) is 5.91 Å². The molecule has 3 aromatic carbocycles. The number of para-hydroxylation sites is 1. The maximum atomic E-state index is 14.4. The molecule has 4 rings (SSSR count). The number of benzene rings is 3. The molecule has 5 nitrogen and oxygen atoms in total. The smallest absolute Gasteiger partial charge is 0.234 e. The van der Waals surface area contributed by atoms with E-state index in [2.05, 4.69) is 15.5 Å². The number of carbonyl (C=O) groups excluding carboxylic acids is 1. The molecule has 30 heavy (non-hydrogen) atoms. The van der Waals surface area contributed by atoms with Gasteiger partial charge in [0.1, 0.15) is 11.6 Å². The summed E-state index contributed by atoms with van der Waals surface area (Å²) in [6.45, 7) is 0. The number of amides is 1. The van der Waals surface area contributed by atoms with Crippen molar-refractivity contribution in [1.82, 2.24) is 14.8 Å². The Labute approximate surface area is 175 Å². The van der Waals surface area contributed by atoms with Gasteiger partial charge in [-0.1, -0.05) is 42.1 Å². The largest absolute Gasteiger partial charge is 0.325 e. The van der Waals surface area contributed by atoms with Crippen LogP contribution in [0.5, 0.6) is 0 Å². The van der Waals surface area contributed by atoms with Crippen molar-refractivity contribution in [3.63, 3.8) is 0 Å². The average molecular weight is 422 g/mol. The highest BCUT2D eigenvalue weighted by atomic mass is 32.2. The van der Waals surface area contributed by atoms with Crippen LogP contribution in [0.4, 0.5) is 14.5 Å². The van der Waals surface area contributed by atoms with Crippen LogP contribution in [0, 0.1) is 11.6 Å². The number of hydrogen-bond donors (Lipinski definition) is 1. The van der Waals surface area contributed by atoms with Gasteiger partial charge in [-0.3, -0.25) is 9.36 Å². The number of nitrogens with one attached hydrogen (secondary N) is 1. The van der Waals surface area contributed by atoms with Crippen molar-refractivity contribution in [3.05, 3.63) is 90.5 Å². The Morgan fingerprint density at radius 3 is 2.33 bits per heavy atom. The Balaban J connectivity index is 1.59. The molecule has 0 atom stereocenters. The van der Waals surface area contributed by atoms with E-state index in [9.17, 15) is 13.6 Å². The highest BCUT2D eigenvalue weighted by Gasteiger charge is 2.19. The molecule has 0 aliphatic carbocycles. The summed E-state index contributed by atoms with van der Waals surface area (Å²) in [7, 11) is 0. The van der Waals surface area contributed by atoms with E-state index in [-0.39, 0.29) is 17.5 Å². The number of hydrogen-bond acceptors (Lipinski definition) is 4. The van der Waals surface area contributed by atoms with E-state index in [1.54, 1.807) is 22.8 Å². The maximum absolute atomic E-state index is 14.4. The summed E-state index contributed by atoms with van der Waals surface area (Å²) in [6.07, 6.45) is 0. The standard InChI is InChI=1S/C22H16F2N4OS/c23-15-10-12-16(13-11-15)25-20(29)14-30-22-27-26-21(18-8-4-5-9-19(18)24)28(22)17-6-2-1-3-7-17/h1-13H,14H2,(H,25,29). The first-order chi connectivity index (χ1) is 14.6. The number of halogens is 2. The van der Waals surface area contributed by atoms with E-state index in [1.165, 1.54) is 42.1 Å².